The number of rotatable bonds is 6. The molecule has 1 N–H and O–H groups in total. The smallest absolute Gasteiger partial charge is 0.0707 e. The van der Waals surface area contributed by atoms with Crippen molar-refractivity contribution in [1.82, 2.24) is 10.2 Å². The molecule has 2 rings (SSSR count). The van der Waals surface area contributed by atoms with E-state index < -0.39 is 0 Å². The second kappa shape index (κ2) is 5.83. The van der Waals surface area contributed by atoms with Gasteiger partial charge in [-0.05, 0) is 45.8 Å². The molecule has 0 aliphatic carbocycles. The Hall–Kier alpha value is -0.120. The summed E-state index contributed by atoms with van der Waals surface area (Å²) < 4.78 is 5.82. The highest BCUT2D eigenvalue weighted by Crippen LogP contribution is 2.26. The van der Waals surface area contributed by atoms with Crippen molar-refractivity contribution in [1.29, 1.82) is 0 Å². The molecule has 3 nitrogen and oxygen atoms in total. The van der Waals surface area contributed by atoms with Gasteiger partial charge in [-0.1, -0.05) is 6.42 Å². The maximum atomic E-state index is 5.82. The lowest BCUT2D eigenvalue weighted by atomic mass is 10.2. The van der Waals surface area contributed by atoms with Crippen LogP contribution in [-0.2, 0) is 4.74 Å². The molecule has 0 saturated carbocycles. The summed E-state index contributed by atoms with van der Waals surface area (Å²) in [6.45, 7) is 4.81. The minimum absolute atomic E-state index is 0.557. The molecule has 2 bridgehead atoms. The van der Waals surface area contributed by atoms with Gasteiger partial charge in [0.15, 0.2) is 0 Å². The number of hydrogen-bond acceptors (Lipinski definition) is 3. The number of nitrogens with one attached hydrogen (secondary N) is 1. The lowest BCUT2D eigenvalue weighted by Crippen LogP contribution is -2.42. The second-order valence-corrected chi connectivity index (χ2v) is 4.88. The minimum Gasteiger partial charge on any atom is -0.372 e. The van der Waals surface area contributed by atoms with Crippen LogP contribution in [0.15, 0.2) is 0 Å². The van der Waals surface area contributed by atoms with Gasteiger partial charge in [0, 0.05) is 13.1 Å². The Balaban J connectivity index is 1.56. The molecule has 0 radical (unpaired) electrons. The van der Waals surface area contributed by atoms with E-state index in [0.717, 1.165) is 6.54 Å². The number of unbranched alkanes of at least 4 members (excludes halogenated alkanes) is 2. The summed E-state index contributed by atoms with van der Waals surface area (Å²) in [5, 5.41) is 3.20. The molecule has 0 spiro atoms. The van der Waals surface area contributed by atoms with Crippen LogP contribution in [0.2, 0.25) is 0 Å². The fourth-order valence-corrected chi connectivity index (χ4v) is 2.70. The van der Waals surface area contributed by atoms with Crippen molar-refractivity contribution in [3.63, 3.8) is 0 Å². The molecule has 3 heteroatoms. The predicted octanol–water partition coefficient (Wildman–Crippen LogP) is 1.24. The zero-order chi connectivity index (χ0) is 10.5. The zero-order valence-corrected chi connectivity index (χ0v) is 9.87. The molecule has 2 unspecified atom stereocenters. The molecule has 2 aliphatic heterocycles. The van der Waals surface area contributed by atoms with Gasteiger partial charge >= 0.3 is 0 Å². The second-order valence-electron chi connectivity index (χ2n) is 4.88. The normalized spacial score (nSPS) is 31.0. The van der Waals surface area contributed by atoms with Gasteiger partial charge in [0.25, 0.3) is 0 Å². The lowest BCUT2D eigenvalue weighted by Gasteiger charge is -2.31. The molecule has 0 aromatic carbocycles. The molecule has 0 aromatic heterocycles. The first-order valence-electron chi connectivity index (χ1n) is 6.41. The summed E-state index contributed by atoms with van der Waals surface area (Å²) in [6.07, 6.45) is 7.71. The Labute approximate surface area is 93.2 Å². The lowest BCUT2D eigenvalue weighted by molar-refractivity contribution is -0.0385. The van der Waals surface area contributed by atoms with E-state index in [1.165, 1.54) is 51.7 Å². The molecule has 0 amide bonds. The first-order valence-corrected chi connectivity index (χ1v) is 6.41. The number of morpholine rings is 1. The van der Waals surface area contributed by atoms with E-state index in [2.05, 4.69) is 10.2 Å². The summed E-state index contributed by atoms with van der Waals surface area (Å²) in [4.78, 5) is 2.60. The zero-order valence-electron chi connectivity index (χ0n) is 9.87. The third-order valence-electron chi connectivity index (χ3n) is 3.52. The quantitative estimate of drug-likeness (QED) is 0.670. The van der Waals surface area contributed by atoms with Crippen LogP contribution in [-0.4, -0.2) is 50.3 Å². The molecule has 0 aromatic rings. The molecule has 2 fully saturated rings. The van der Waals surface area contributed by atoms with Crippen molar-refractivity contribution in [2.75, 3.05) is 33.2 Å². The van der Waals surface area contributed by atoms with Gasteiger partial charge < -0.3 is 10.1 Å². The number of ether oxygens (including phenoxy) is 1. The first-order chi connectivity index (χ1) is 7.38. The Morgan fingerprint density at radius 1 is 1.13 bits per heavy atom. The topological polar surface area (TPSA) is 24.5 Å². The average molecular weight is 212 g/mol. The predicted molar refractivity (Wildman–Crippen MR) is 62.1 cm³/mol. The fourth-order valence-electron chi connectivity index (χ4n) is 2.70. The average Bonchev–Trinajstić information content (AvgIpc) is 2.58. The Morgan fingerprint density at radius 3 is 2.53 bits per heavy atom. The van der Waals surface area contributed by atoms with E-state index in [-0.39, 0.29) is 0 Å². The number of nitrogens with zero attached hydrogens (tertiary/aromatic N) is 1. The molecule has 2 saturated heterocycles. The largest absolute Gasteiger partial charge is 0.372 e. The monoisotopic (exact) mass is 212 g/mol. The van der Waals surface area contributed by atoms with E-state index in [1.54, 1.807) is 0 Å². The van der Waals surface area contributed by atoms with Crippen molar-refractivity contribution in [3.8, 4) is 0 Å². The molecule has 15 heavy (non-hydrogen) atoms. The van der Waals surface area contributed by atoms with Crippen LogP contribution in [0.3, 0.4) is 0 Å². The summed E-state index contributed by atoms with van der Waals surface area (Å²) in [5.74, 6) is 0. The van der Waals surface area contributed by atoms with Crippen LogP contribution in [0, 0.1) is 0 Å². The number of hydrogen-bond donors (Lipinski definition) is 1. The highest BCUT2D eigenvalue weighted by molar-refractivity contribution is 4.84. The van der Waals surface area contributed by atoms with Crippen LogP contribution < -0.4 is 5.32 Å². The van der Waals surface area contributed by atoms with Gasteiger partial charge in [0.1, 0.15) is 0 Å². The molecule has 2 atom stereocenters. The third kappa shape index (κ3) is 3.44. The highest BCUT2D eigenvalue weighted by atomic mass is 16.5. The first kappa shape index (κ1) is 11.4. The SMILES string of the molecule is CNCCCCCN1CC2CCC(C1)O2. The maximum Gasteiger partial charge on any atom is 0.0707 e. The van der Waals surface area contributed by atoms with E-state index in [9.17, 15) is 0 Å². The van der Waals surface area contributed by atoms with E-state index >= 15 is 0 Å². The van der Waals surface area contributed by atoms with Gasteiger partial charge in [0.05, 0.1) is 12.2 Å². The molecule has 88 valence electrons. The van der Waals surface area contributed by atoms with Crippen LogP contribution in [0.4, 0.5) is 0 Å². The van der Waals surface area contributed by atoms with Crippen LogP contribution in [0.1, 0.15) is 32.1 Å². The minimum atomic E-state index is 0.557. The summed E-state index contributed by atoms with van der Waals surface area (Å²) >= 11 is 0. The van der Waals surface area contributed by atoms with Crippen LogP contribution >= 0.6 is 0 Å². The van der Waals surface area contributed by atoms with Crippen molar-refractivity contribution >= 4 is 0 Å². The Kier molecular flexibility index (Phi) is 4.42. The molecular weight excluding hydrogens is 188 g/mol. The maximum absolute atomic E-state index is 5.82. The number of fused-ring (bicyclic) bond motifs is 2. The summed E-state index contributed by atoms with van der Waals surface area (Å²) in [6, 6.07) is 0. The van der Waals surface area contributed by atoms with Crippen molar-refractivity contribution in [3.05, 3.63) is 0 Å². The van der Waals surface area contributed by atoms with Crippen molar-refractivity contribution < 1.29 is 4.74 Å². The van der Waals surface area contributed by atoms with Gasteiger partial charge in [-0.2, -0.15) is 0 Å². The Bertz CT molecular complexity index is 174. The Morgan fingerprint density at radius 2 is 1.87 bits per heavy atom. The van der Waals surface area contributed by atoms with Gasteiger partial charge in [-0.25, -0.2) is 0 Å². The van der Waals surface area contributed by atoms with E-state index in [1.807, 2.05) is 7.05 Å². The summed E-state index contributed by atoms with van der Waals surface area (Å²) in [5.41, 5.74) is 0. The van der Waals surface area contributed by atoms with Crippen molar-refractivity contribution in [2.45, 2.75) is 44.3 Å². The van der Waals surface area contributed by atoms with E-state index in [4.69, 9.17) is 4.74 Å². The van der Waals surface area contributed by atoms with Crippen molar-refractivity contribution in [2.24, 2.45) is 0 Å². The van der Waals surface area contributed by atoms with Gasteiger partial charge in [-0.15, -0.1) is 0 Å². The molecule has 2 heterocycles. The third-order valence-corrected chi connectivity index (χ3v) is 3.52. The number of likely N-dealkylation sites (tertiary alicyclic amines) is 1. The highest BCUT2D eigenvalue weighted by Gasteiger charge is 2.32. The van der Waals surface area contributed by atoms with Crippen LogP contribution in [0.25, 0.3) is 0 Å². The molecule has 2 aliphatic rings. The summed E-state index contributed by atoms with van der Waals surface area (Å²) in [7, 11) is 2.03. The van der Waals surface area contributed by atoms with E-state index in [0.29, 0.717) is 12.2 Å². The fraction of sp³-hybridized carbons (Fsp3) is 1.00. The van der Waals surface area contributed by atoms with Gasteiger partial charge in [0.2, 0.25) is 0 Å². The van der Waals surface area contributed by atoms with Gasteiger partial charge in [-0.3, -0.25) is 4.90 Å². The van der Waals surface area contributed by atoms with Crippen LogP contribution in [0.5, 0.6) is 0 Å². The molecular formula is C12H24N2O. The standard InChI is InChI=1S/C12H24N2O/c1-13-7-3-2-4-8-14-9-11-5-6-12(10-14)15-11/h11-13H,2-10H2,1H3.